The quantitative estimate of drug-likeness (QED) is 0.711. The monoisotopic (exact) mass is 405 g/mol. The van der Waals surface area contributed by atoms with Crippen LogP contribution >= 0.6 is 0 Å². The largest absolute Gasteiger partial charge is 0.482 e. The molecule has 2 N–H and O–H groups in total. The zero-order chi connectivity index (χ0) is 20.3. The number of hydrogen-bond acceptors (Lipinski definition) is 6. The van der Waals surface area contributed by atoms with Crippen molar-refractivity contribution in [1.82, 2.24) is 4.90 Å². The second-order valence-corrected chi connectivity index (χ2v) is 7.78. The topological polar surface area (TPSA) is 114 Å². The minimum atomic E-state index is -3.81. The molecule has 0 radical (unpaired) electrons. The number of ether oxygens (including phenoxy) is 2. The van der Waals surface area contributed by atoms with E-state index in [9.17, 15) is 18.0 Å². The molecule has 0 bridgehead atoms. The van der Waals surface area contributed by atoms with E-state index < -0.39 is 16.0 Å². The Labute approximate surface area is 162 Å². The number of hydrogen-bond donors (Lipinski definition) is 2. The number of nitrogens with one attached hydrogen (secondary N) is 2. The van der Waals surface area contributed by atoms with Gasteiger partial charge < -0.3 is 19.7 Å². The summed E-state index contributed by atoms with van der Waals surface area (Å²) in [4.78, 5) is 24.3. The predicted molar refractivity (Wildman–Crippen MR) is 102 cm³/mol. The molecule has 0 unspecified atom stereocenters. The van der Waals surface area contributed by atoms with Gasteiger partial charge in [0.25, 0.3) is 10.0 Å². The maximum Gasteiger partial charge on any atom is 0.343 e. The molecular formula is C18H19N3O6S. The first-order chi connectivity index (χ1) is 13.3. The van der Waals surface area contributed by atoms with Gasteiger partial charge in [-0.1, -0.05) is 0 Å². The Kier molecular flexibility index (Phi) is 5.41. The normalized spacial score (nSPS) is 13.4. The Morgan fingerprint density at radius 1 is 1.21 bits per heavy atom. The second kappa shape index (κ2) is 7.77. The van der Waals surface area contributed by atoms with Gasteiger partial charge in [0.1, 0.15) is 5.75 Å². The van der Waals surface area contributed by atoms with Gasteiger partial charge in [-0.05, 0) is 48.0 Å². The van der Waals surface area contributed by atoms with Crippen LogP contribution in [0.25, 0.3) is 0 Å². The zero-order valence-corrected chi connectivity index (χ0v) is 16.1. The number of nitrogens with zero attached hydrogens (tertiary/aromatic N) is 1. The standard InChI is InChI=1S/C18H19N3O6S/c1-21-10-12-9-13(3-8-16(12)19-18(21)23)20-28(24,25)15-6-4-14(5-7-15)27-11-17(22)26-2/h3-9,20H,10-11H2,1-2H3,(H,19,23). The van der Waals surface area contributed by atoms with Gasteiger partial charge in [-0.2, -0.15) is 0 Å². The number of carbonyl (C=O) groups excluding carboxylic acids is 2. The lowest BCUT2D eigenvalue weighted by molar-refractivity contribution is -0.142. The molecule has 0 fully saturated rings. The summed E-state index contributed by atoms with van der Waals surface area (Å²) in [7, 11) is -0.914. The molecule has 2 amide bonds. The van der Waals surface area contributed by atoms with Crippen molar-refractivity contribution >= 4 is 33.4 Å². The molecule has 148 valence electrons. The minimum Gasteiger partial charge on any atom is -0.482 e. The highest BCUT2D eigenvalue weighted by molar-refractivity contribution is 7.92. The van der Waals surface area contributed by atoms with Crippen LogP contribution in [0.5, 0.6) is 5.75 Å². The van der Waals surface area contributed by atoms with E-state index in [1.165, 1.54) is 36.3 Å². The number of esters is 1. The predicted octanol–water partition coefficient (Wildman–Crippen LogP) is 2.02. The Morgan fingerprint density at radius 3 is 2.61 bits per heavy atom. The number of methoxy groups -OCH3 is 1. The van der Waals surface area contributed by atoms with Crippen LogP contribution in [0.4, 0.5) is 16.2 Å². The Bertz CT molecular complexity index is 1000. The zero-order valence-electron chi connectivity index (χ0n) is 15.3. The van der Waals surface area contributed by atoms with Crippen molar-refractivity contribution in [2.24, 2.45) is 0 Å². The van der Waals surface area contributed by atoms with Crippen molar-refractivity contribution in [2.75, 3.05) is 30.8 Å². The Morgan fingerprint density at radius 2 is 1.93 bits per heavy atom. The van der Waals surface area contributed by atoms with E-state index in [1.807, 2.05) is 0 Å². The van der Waals surface area contributed by atoms with E-state index in [-0.39, 0.29) is 17.5 Å². The summed E-state index contributed by atoms with van der Waals surface area (Å²) in [5, 5.41) is 2.72. The first-order valence-electron chi connectivity index (χ1n) is 8.26. The first-order valence-corrected chi connectivity index (χ1v) is 9.74. The van der Waals surface area contributed by atoms with Crippen molar-refractivity contribution in [3.05, 3.63) is 48.0 Å². The van der Waals surface area contributed by atoms with Crippen LogP contribution in [-0.2, 0) is 26.1 Å². The van der Waals surface area contributed by atoms with Crippen LogP contribution in [0.3, 0.4) is 0 Å². The van der Waals surface area contributed by atoms with Gasteiger partial charge in [-0.15, -0.1) is 0 Å². The molecule has 0 atom stereocenters. The van der Waals surface area contributed by atoms with Gasteiger partial charge >= 0.3 is 12.0 Å². The molecule has 0 spiro atoms. The minimum absolute atomic E-state index is 0.0426. The highest BCUT2D eigenvalue weighted by Gasteiger charge is 2.21. The number of fused-ring (bicyclic) bond motifs is 1. The van der Waals surface area contributed by atoms with E-state index in [1.54, 1.807) is 25.2 Å². The summed E-state index contributed by atoms with van der Waals surface area (Å²) < 4.78 is 37.4. The third-order valence-electron chi connectivity index (χ3n) is 4.07. The van der Waals surface area contributed by atoms with Crippen LogP contribution < -0.4 is 14.8 Å². The molecule has 0 aromatic heterocycles. The maximum atomic E-state index is 12.6. The lowest BCUT2D eigenvalue weighted by Crippen LogP contribution is -2.35. The summed E-state index contributed by atoms with van der Waals surface area (Å²) >= 11 is 0. The Hall–Kier alpha value is -3.27. The molecule has 10 heteroatoms. The average molecular weight is 405 g/mol. The van der Waals surface area contributed by atoms with E-state index >= 15 is 0 Å². The number of anilines is 2. The van der Waals surface area contributed by atoms with Crippen molar-refractivity contribution in [3.63, 3.8) is 0 Å². The summed E-state index contributed by atoms with van der Waals surface area (Å²) in [5.41, 5.74) is 1.83. The lowest BCUT2D eigenvalue weighted by atomic mass is 10.1. The third kappa shape index (κ3) is 4.34. The van der Waals surface area contributed by atoms with Crippen molar-refractivity contribution in [2.45, 2.75) is 11.4 Å². The maximum absolute atomic E-state index is 12.6. The number of amides is 2. The lowest BCUT2D eigenvalue weighted by Gasteiger charge is -2.26. The van der Waals surface area contributed by atoms with E-state index in [2.05, 4.69) is 14.8 Å². The number of benzene rings is 2. The molecule has 0 saturated heterocycles. The highest BCUT2D eigenvalue weighted by atomic mass is 32.2. The van der Waals surface area contributed by atoms with Gasteiger partial charge in [-0.3, -0.25) is 4.72 Å². The molecule has 1 aliphatic heterocycles. The SMILES string of the molecule is COC(=O)COc1ccc(S(=O)(=O)Nc2ccc3c(c2)CN(C)C(=O)N3)cc1. The fourth-order valence-corrected chi connectivity index (χ4v) is 3.63. The highest BCUT2D eigenvalue weighted by Crippen LogP contribution is 2.27. The molecule has 28 heavy (non-hydrogen) atoms. The van der Waals surface area contributed by atoms with Gasteiger partial charge in [0.05, 0.1) is 12.0 Å². The summed E-state index contributed by atoms with van der Waals surface area (Å²) in [6.45, 7) is 0.115. The number of sulfonamides is 1. The summed E-state index contributed by atoms with van der Waals surface area (Å²) in [6.07, 6.45) is 0. The van der Waals surface area contributed by atoms with Gasteiger partial charge in [-0.25, -0.2) is 18.0 Å². The first kappa shape index (κ1) is 19.5. The molecular weight excluding hydrogens is 386 g/mol. The molecule has 1 aliphatic rings. The molecule has 2 aromatic rings. The molecule has 1 heterocycles. The summed E-state index contributed by atoms with van der Waals surface area (Å²) in [5.74, 6) is -0.190. The summed E-state index contributed by atoms with van der Waals surface area (Å²) in [6, 6.07) is 10.4. The fraction of sp³-hybridized carbons (Fsp3) is 0.222. The molecule has 0 aliphatic carbocycles. The van der Waals surface area contributed by atoms with Crippen LogP contribution in [0, 0.1) is 0 Å². The van der Waals surface area contributed by atoms with Crippen molar-refractivity contribution in [3.8, 4) is 5.75 Å². The van der Waals surface area contributed by atoms with Crippen LogP contribution in [0.2, 0.25) is 0 Å². The fourth-order valence-electron chi connectivity index (χ4n) is 2.58. The average Bonchev–Trinajstić information content (AvgIpc) is 2.67. The van der Waals surface area contributed by atoms with Crippen LogP contribution in [-0.4, -0.2) is 46.1 Å². The number of carbonyl (C=O) groups is 2. The van der Waals surface area contributed by atoms with Gasteiger partial charge in [0.15, 0.2) is 6.61 Å². The Balaban J connectivity index is 1.72. The second-order valence-electron chi connectivity index (χ2n) is 6.10. The molecule has 9 nitrogen and oxygen atoms in total. The molecule has 2 aromatic carbocycles. The van der Waals surface area contributed by atoms with Gasteiger partial charge in [0.2, 0.25) is 0 Å². The van der Waals surface area contributed by atoms with E-state index in [4.69, 9.17) is 4.74 Å². The van der Waals surface area contributed by atoms with E-state index in [0.717, 1.165) is 5.56 Å². The van der Waals surface area contributed by atoms with Gasteiger partial charge in [0, 0.05) is 25.0 Å². The number of rotatable bonds is 6. The van der Waals surface area contributed by atoms with E-state index in [0.29, 0.717) is 23.7 Å². The third-order valence-corrected chi connectivity index (χ3v) is 5.47. The number of urea groups is 1. The van der Waals surface area contributed by atoms with Crippen LogP contribution in [0.1, 0.15) is 5.56 Å². The molecule has 3 rings (SSSR count). The van der Waals surface area contributed by atoms with Crippen LogP contribution in [0.15, 0.2) is 47.4 Å². The smallest absolute Gasteiger partial charge is 0.343 e. The molecule has 0 saturated carbocycles. The van der Waals surface area contributed by atoms with Crippen molar-refractivity contribution in [1.29, 1.82) is 0 Å². The van der Waals surface area contributed by atoms with Crippen molar-refractivity contribution < 1.29 is 27.5 Å².